The average Bonchev–Trinajstić information content (AvgIpc) is 2.48. The standard InChI is InChI=1S/C15H10BrClN2O2/c16-12-7-10(5-6-13(12)17)19-14(15(20)21)11-4-2-1-3-9(11)8-18/h1-7,14,19H,(H,20,21). The Morgan fingerprint density at radius 2 is 2.05 bits per heavy atom. The smallest absolute Gasteiger partial charge is 0.330 e. The number of nitriles is 1. The van der Waals surface area contributed by atoms with Gasteiger partial charge in [-0.05, 0) is 40.2 Å². The van der Waals surface area contributed by atoms with Crippen molar-refractivity contribution >= 4 is 39.2 Å². The Morgan fingerprint density at radius 3 is 2.67 bits per heavy atom. The van der Waals surface area contributed by atoms with Crippen LogP contribution in [0.25, 0.3) is 0 Å². The van der Waals surface area contributed by atoms with Crippen molar-refractivity contribution in [1.82, 2.24) is 0 Å². The molecule has 0 aliphatic rings. The van der Waals surface area contributed by atoms with Crippen molar-refractivity contribution in [1.29, 1.82) is 5.26 Å². The van der Waals surface area contributed by atoms with Gasteiger partial charge in [0.2, 0.25) is 0 Å². The Bertz CT molecular complexity index is 728. The topological polar surface area (TPSA) is 73.1 Å². The summed E-state index contributed by atoms with van der Waals surface area (Å²) in [6.45, 7) is 0. The van der Waals surface area contributed by atoms with E-state index in [1.54, 1.807) is 42.5 Å². The van der Waals surface area contributed by atoms with Crippen molar-refractivity contribution < 1.29 is 9.90 Å². The lowest BCUT2D eigenvalue weighted by Crippen LogP contribution is -2.21. The predicted molar refractivity (Wildman–Crippen MR) is 84.3 cm³/mol. The van der Waals surface area contributed by atoms with Crippen molar-refractivity contribution in [3.05, 3.63) is 63.1 Å². The van der Waals surface area contributed by atoms with E-state index in [2.05, 4.69) is 21.2 Å². The summed E-state index contributed by atoms with van der Waals surface area (Å²) in [5.74, 6) is -1.07. The maximum Gasteiger partial charge on any atom is 0.330 e. The minimum atomic E-state index is -1.07. The van der Waals surface area contributed by atoms with Crippen LogP contribution in [-0.4, -0.2) is 11.1 Å². The lowest BCUT2D eigenvalue weighted by molar-refractivity contribution is -0.138. The molecule has 2 aromatic carbocycles. The third-order valence-corrected chi connectivity index (χ3v) is 4.08. The molecule has 0 saturated heterocycles. The van der Waals surface area contributed by atoms with E-state index >= 15 is 0 Å². The highest BCUT2D eigenvalue weighted by molar-refractivity contribution is 9.10. The van der Waals surface area contributed by atoms with Gasteiger partial charge in [-0.1, -0.05) is 29.8 Å². The molecule has 0 spiro atoms. The number of nitrogens with zero attached hydrogens (tertiary/aromatic N) is 1. The molecule has 106 valence electrons. The van der Waals surface area contributed by atoms with Gasteiger partial charge in [-0.3, -0.25) is 0 Å². The fraction of sp³-hybridized carbons (Fsp3) is 0.0667. The molecule has 6 heteroatoms. The fourth-order valence-electron chi connectivity index (χ4n) is 1.88. The minimum Gasteiger partial charge on any atom is -0.479 e. The van der Waals surface area contributed by atoms with Crippen LogP contribution in [0.2, 0.25) is 5.02 Å². The van der Waals surface area contributed by atoms with Gasteiger partial charge in [-0.2, -0.15) is 5.26 Å². The summed E-state index contributed by atoms with van der Waals surface area (Å²) < 4.78 is 0.659. The lowest BCUT2D eigenvalue weighted by atomic mass is 10.0. The molecule has 0 aliphatic heterocycles. The molecule has 0 fully saturated rings. The predicted octanol–water partition coefficient (Wildman–Crippen LogP) is 4.21. The van der Waals surface area contributed by atoms with Gasteiger partial charge >= 0.3 is 5.97 Å². The number of carboxylic acids is 1. The van der Waals surface area contributed by atoms with Crippen molar-refractivity contribution in [2.75, 3.05) is 5.32 Å². The Morgan fingerprint density at radius 1 is 1.33 bits per heavy atom. The summed E-state index contributed by atoms with van der Waals surface area (Å²) in [5, 5.41) is 22.0. The normalized spacial score (nSPS) is 11.5. The number of hydrogen-bond acceptors (Lipinski definition) is 3. The van der Waals surface area contributed by atoms with Crippen LogP contribution in [0.3, 0.4) is 0 Å². The lowest BCUT2D eigenvalue weighted by Gasteiger charge is -2.17. The molecule has 0 aromatic heterocycles. The second kappa shape index (κ2) is 6.61. The summed E-state index contributed by atoms with van der Waals surface area (Å²) >= 11 is 9.20. The molecule has 21 heavy (non-hydrogen) atoms. The van der Waals surface area contributed by atoms with Crippen LogP contribution in [0, 0.1) is 11.3 Å². The number of hydrogen-bond donors (Lipinski definition) is 2. The van der Waals surface area contributed by atoms with Crippen LogP contribution in [0.4, 0.5) is 5.69 Å². The molecule has 0 heterocycles. The molecule has 0 bridgehead atoms. The Labute approximate surface area is 135 Å². The van der Waals surface area contributed by atoms with E-state index in [9.17, 15) is 9.90 Å². The second-order valence-corrected chi connectivity index (χ2v) is 5.51. The molecule has 4 nitrogen and oxygen atoms in total. The van der Waals surface area contributed by atoms with E-state index in [1.165, 1.54) is 0 Å². The maximum absolute atomic E-state index is 11.5. The fourth-order valence-corrected chi connectivity index (χ4v) is 2.37. The minimum absolute atomic E-state index is 0.324. The zero-order valence-electron chi connectivity index (χ0n) is 10.7. The Balaban J connectivity index is 2.38. The third-order valence-electron chi connectivity index (χ3n) is 2.87. The summed E-state index contributed by atoms with van der Waals surface area (Å²) in [4.78, 5) is 11.5. The number of aliphatic carboxylic acids is 1. The number of rotatable bonds is 4. The molecule has 2 N–H and O–H groups in total. The number of nitrogens with one attached hydrogen (secondary N) is 1. The van der Waals surface area contributed by atoms with Gasteiger partial charge in [0.1, 0.15) is 0 Å². The summed E-state index contributed by atoms with van der Waals surface area (Å²) in [5.41, 5.74) is 1.33. The van der Waals surface area contributed by atoms with Crippen LogP contribution in [0.5, 0.6) is 0 Å². The average molecular weight is 366 g/mol. The van der Waals surface area contributed by atoms with Crippen molar-refractivity contribution in [3.8, 4) is 6.07 Å². The first kappa shape index (κ1) is 15.4. The van der Waals surface area contributed by atoms with Gasteiger partial charge in [0.25, 0.3) is 0 Å². The first-order chi connectivity index (χ1) is 10.0. The number of anilines is 1. The van der Waals surface area contributed by atoms with E-state index in [0.29, 0.717) is 26.3 Å². The number of benzene rings is 2. The molecular formula is C15H10BrClN2O2. The quantitative estimate of drug-likeness (QED) is 0.851. The molecule has 0 saturated carbocycles. The first-order valence-corrected chi connectivity index (χ1v) is 7.13. The Hall–Kier alpha value is -2.03. The number of carboxylic acid groups (broad SMARTS) is 1. The zero-order chi connectivity index (χ0) is 15.4. The molecule has 2 rings (SSSR count). The second-order valence-electron chi connectivity index (χ2n) is 4.24. The van der Waals surface area contributed by atoms with E-state index < -0.39 is 12.0 Å². The molecule has 0 aliphatic carbocycles. The van der Waals surface area contributed by atoms with Crippen molar-refractivity contribution in [3.63, 3.8) is 0 Å². The van der Waals surface area contributed by atoms with Crippen molar-refractivity contribution in [2.24, 2.45) is 0 Å². The molecule has 1 unspecified atom stereocenters. The van der Waals surface area contributed by atoms with Crippen LogP contribution in [0.15, 0.2) is 46.9 Å². The molecule has 1 atom stereocenters. The van der Waals surface area contributed by atoms with Crippen LogP contribution < -0.4 is 5.32 Å². The molecular weight excluding hydrogens is 356 g/mol. The summed E-state index contributed by atoms with van der Waals surface area (Å²) in [6.07, 6.45) is 0. The van der Waals surface area contributed by atoms with Gasteiger partial charge in [0.05, 0.1) is 16.7 Å². The maximum atomic E-state index is 11.5. The van der Waals surface area contributed by atoms with Crippen LogP contribution in [-0.2, 0) is 4.79 Å². The highest BCUT2D eigenvalue weighted by Crippen LogP contribution is 2.28. The first-order valence-electron chi connectivity index (χ1n) is 5.96. The zero-order valence-corrected chi connectivity index (χ0v) is 13.0. The van der Waals surface area contributed by atoms with E-state index in [0.717, 1.165) is 0 Å². The van der Waals surface area contributed by atoms with Crippen LogP contribution >= 0.6 is 27.5 Å². The van der Waals surface area contributed by atoms with E-state index in [-0.39, 0.29) is 0 Å². The van der Waals surface area contributed by atoms with Crippen LogP contribution in [0.1, 0.15) is 17.2 Å². The summed E-state index contributed by atoms with van der Waals surface area (Å²) in [7, 11) is 0. The van der Waals surface area contributed by atoms with Gasteiger partial charge < -0.3 is 10.4 Å². The van der Waals surface area contributed by atoms with Gasteiger partial charge in [-0.15, -0.1) is 0 Å². The van der Waals surface area contributed by atoms with E-state index in [1.807, 2.05) is 6.07 Å². The largest absolute Gasteiger partial charge is 0.479 e. The molecule has 2 aromatic rings. The number of carbonyl (C=O) groups is 1. The molecule has 0 amide bonds. The van der Waals surface area contributed by atoms with Gasteiger partial charge in [-0.25, -0.2) is 4.79 Å². The molecule has 0 radical (unpaired) electrons. The highest BCUT2D eigenvalue weighted by Gasteiger charge is 2.22. The van der Waals surface area contributed by atoms with Gasteiger partial charge in [0.15, 0.2) is 6.04 Å². The van der Waals surface area contributed by atoms with Gasteiger partial charge in [0, 0.05) is 15.7 Å². The SMILES string of the molecule is N#Cc1ccccc1C(Nc1ccc(Cl)c(Br)c1)C(=O)O. The van der Waals surface area contributed by atoms with E-state index in [4.69, 9.17) is 16.9 Å². The number of halogens is 2. The monoisotopic (exact) mass is 364 g/mol. The third kappa shape index (κ3) is 3.54. The Kier molecular flexibility index (Phi) is 4.84. The highest BCUT2D eigenvalue weighted by atomic mass is 79.9. The summed E-state index contributed by atoms with van der Waals surface area (Å²) in [6, 6.07) is 12.6. The van der Waals surface area contributed by atoms with Crippen molar-refractivity contribution in [2.45, 2.75) is 6.04 Å².